The fourth-order valence-electron chi connectivity index (χ4n) is 2.05. The summed E-state index contributed by atoms with van der Waals surface area (Å²) in [6.07, 6.45) is 1.74. The van der Waals surface area contributed by atoms with Crippen molar-refractivity contribution in [2.24, 2.45) is 0 Å². The van der Waals surface area contributed by atoms with Gasteiger partial charge < -0.3 is 4.90 Å². The van der Waals surface area contributed by atoms with Gasteiger partial charge in [0.05, 0.1) is 11.9 Å². The SMILES string of the molecule is CC(C)c1ccc(CN(C)c2ccc(C#N)nc2)cc1. The number of nitriles is 1. The number of anilines is 1. The summed E-state index contributed by atoms with van der Waals surface area (Å²) >= 11 is 0. The van der Waals surface area contributed by atoms with Crippen LogP contribution in [0.25, 0.3) is 0 Å². The van der Waals surface area contributed by atoms with Crippen molar-refractivity contribution in [2.45, 2.75) is 26.3 Å². The van der Waals surface area contributed by atoms with E-state index in [1.807, 2.05) is 19.2 Å². The van der Waals surface area contributed by atoms with Gasteiger partial charge in [-0.2, -0.15) is 5.26 Å². The topological polar surface area (TPSA) is 39.9 Å². The summed E-state index contributed by atoms with van der Waals surface area (Å²) < 4.78 is 0. The Bertz CT molecular complexity index is 592. The van der Waals surface area contributed by atoms with Gasteiger partial charge in [0.1, 0.15) is 11.8 Å². The Morgan fingerprint density at radius 3 is 2.35 bits per heavy atom. The van der Waals surface area contributed by atoms with E-state index >= 15 is 0 Å². The van der Waals surface area contributed by atoms with Crippen molar-refractivity contribution in [3.05, 3.63) is 59.4 Å². The second kappa shape index (κ2) is 6.21. The standard InChI is InChI=1S/C17H19N3/c1-13(2)15-6-4-14(5-7-15)12-20(3)17-9-8-16(10-18)19-11-17/h4-9,11,13H,12H2,1-3H3. The van der Waals surface area contributed by atoms with Crippen molar-refractivity contribution in [3.8, 4) is 6.07 Å². The van der Waals surface area contributed by atoms with Crippen LogP contribution in [0.2, 0.25) is 0 Å². The van der Waals surface area contributed by atoms with E-state index in [2.05, 4.69) is 48.0 Å². The highest BCUT2D eigenvalue weighted by Crippen LogP contribution is 2.18. The minimum Gasteiger partial charge on any atom is -0.369 e. The molecule has 1 aromatic heterocycles. The average Bonchev–Trinajstić information content (AvgIpc) is 2.48. The van der Waals surface area contributed by atoms with Crippen LogP contribution >= 0.6 is 0 Å². The van der Waals surface area contributed by atoms with E-state index < -0.39 is 0 Å². The minimum atomic E-state index is 0.448. The third-order valence-electron chi connectivity index (χ3n) is 3.37. The Kier molecular flexibility index (Phi) is 4.37. The molecule has 102 valence electrons. The van der Waals surface area contributed by atoms with E-state index in [4.69, 9.17) is 5.26 Å². The van der Waals surface area contributed by atoms with Gasteiger partial charge in [0, 0.05) is 13.6 Å². The third kappa shape index (κ3) is 3.36. The van der Waals surface area contributed by atoms with Crippen LogP contribution in [0.15, 0.2) is 42.6 Å². The van der Waals surface area contributed by atoms with Gasteiger partial charge in [0.15, 0.2) is 0 Å². The molecule has 0 unspecified atom stereocenters. The zero-order chi connectivity index (χ0) is 14.5. The van der Waals surface area contributed by atoms with Crippen LogP contribution in [0.3, 0.4) is 0 Å². The van der Waals surface area contributed by atoms with Crippen LogP contribution in [0.5, 0.6) is 0 Å². The summed E-state index contributed by atoms with van der Waals surface area (Å²) in [4.78, 5) is 6.22. The Morgan fingerprint density at radius 1 is 1.15 bits per heavy atom. The van der Waals surface area contributed by atoms with Crippen LogP contribution in [0, 0.1) is 11.3 Å². The number of aromatic nitrogens is 1. The lowest BCUT2D eigenvalue weighted by Crippen LogP contribution is -2.16. The molecule has 2 aromatic rings. The lowest BCUT2D eigenvalue weighted by molar-refractivity contribution is 0.860. The molecule has 0 aliphatic rings. The first-order valence-electron chi connectivity index (χ1n) is 6.76. The molecule has 0 aliphatic heterocycles. The lowest BCUT2D eigenvalue weighted by atomic mass is 10.0. The zero-order valence-electron chi connectivity index (χ0n) is 12.2. The van der Waals surface area contributed by atoms with Gasteiger partial charge in [-0.05, 0) is 29.2 Å². The highest BCUT2D eigenvalue weighted by Gasteiger charge is 2.04. The van der Waals surface area contributed by atoms with E-state index in [0.29, 0.717) is 11.6 Å². The normalized spacial score (nSPS) is 10.3. The summed E-state index contributed by atoms with van der Waals surface area (Å²) in [5.74, 6) is 0.560. The molecule has 3 nitrogen and oxygen atoms in total. The van der Waals surface area contributed by atoms with Crippen LogP contribution in [0.4, 0.5) is 5.69 Å². The van der Waals surface area contributed by atoms with Gasteiger partial charge in [0.25, 0.3) is 0 Å². The van der Waals surface area contributed by atoms with Crippen molar-refractivity contribution < 1.29 is 0 Å². The molecule has 0 saturated carbocycles. The number of hydrogen-bond donors (Lipinski definition) is 0. The van der Waals surface area contributed by atoms with E-state index in [1.54, 1.807) is 12.3 Å². The van der Waals surface area contributed by atoms with Gasteiger partial charge in [0.2, 0.25) is 0 Å². The van der Waals surface area contributed by atoms with E-state index in [9.17, 15) is 0 Å². The van der Waals surface area contributed by atoms with Crippen LogP contribution < -0.4 is 4.90 Å². The molecular weight excluding hydrogens is 246 g/mol. The lowest BCUT2D eigenvalue weighted by Gasteiger charge is -2.19. The molecule has 0 bridgehead atoms. The second-order valence-electron chi connectivity index (χ2n) is 5.27. The first-order chi connectivity index (χ1) is 9.60. The quantitative estimate of drug-likeness (QED) is 0.846. The van der Waals surface area contributed by atoms with Crippen LogP contribution in [-0.4, -0.2) is 12.0 Å². The number of pyridine rings is 1. The van der Waals surface area contributed by atoms with Crippen LogP contribution in [-0.2, 0) is 6.54 Å². The Labute approximate surface area is 120 Å². The predicted octanol–water partition coefficient (Wildman–Crippen LogP) is 3.71. The largest absolute Gasteiger partial charge is 0.369 e. The maximum absolute atomic E-state index is 8.75. The van der Waals surface area contributed by atoms with Crippen molar-refractivity contribution >= 4 is 5.69 Å². The van der Waals surface area contributed by atoms with Crippen LogP contribution in [0.1, 0.15) is 36.6 Å². The minimum absolute atomic E-state index is 0.448. The molecule has 0 spiro atoms. The smallest absolute Gasteiger partial charge is 0.140 e. The molecule has 0 N–H and O–H groups in total. The molecule has 2 rings (SSSR count). The number of rotatable bonds is 4. The van der Waals surface area contributed by atoms with Crippen molar-refractivity contribution in [1.29, 1.82) is 5.26 Å². The molecule has 1 heterocycles. The zero-order valence-corrected chi connectivity index (χ0v) is 12.2. The predicted molar refractivity (Wildman–Crippen MR) is 81.6 cm³/mol. The highest BCUT2D eigenvalue weighted by atomic mass is 15.1. The van der Waals surface area contributed by atoms with E-state index in [0.717, 1.165) is 12.2 Å². The van der Waals surface area contributed by atoms with Crippen molar-refractivity contribution in [3.63, 3.8) is 0 Å². The van der Waals surface area contributed by atoms with Crippen molar-refractivity contribution in [2.75, 3.05) is 11.9 Å². The Balaban J connectivity index is 2.06. The van der Waals surface area contributed by atoms with Gasteiger partial charge >= 0.3 is 0 Å². The van der Waals surface area contributed by atoms with Gasteiger partial charge in [-0.25, -0.2) is 4.98 Å². The summed E-state index contributed by atoms with van der Waals surface area (Å²) in [6, 6.07) is 14.4. The molecule has 0 aliphatic carbocycles. The van der Waals surface area contributed by atoms with E-state index in [-0.39, 0.29) is 0 Å². The number of benzene rings is 1. The molecule has 0 radical (unpaired) electrons. The summed E-state index contributed by atoms with van der Waals surface area (Å²) in [5.41, 5.74) is 4.08. The summed E-state index contributed by atoms with van der Waals surface area (Å²) in [6.45, 7) is 5.22. The maximum Gasteiger partial charge on any atom is 0.140 e. The first kappa shape index (κ1) is 14.1. The van der Waals surface area contributed by atoms with Crippen molar-refractivity contribution in [1.82, 2.24) is 4.98 Å². The maximum atomic E-state index is 8.75. The second-order valence-corrected chi connectivity index (χ2v) is 5.27. The highest BCUT2D eigenvalue weighted by molar-refractivity contribution is 5.45. The van der Waals surface area contributed by atoms with E-state index in [1.165, 1.54) is 11.1 Å². The number of hydrogen-bond acceptors (Lipinski definition) is 3. The number of nitrogens with zero attached hydrogens (tertiary/aromatic N) is 3. The third-order valence-corrected chi connectivity index (χ3v) is 3.37. The average molecular weight is 265 g/mol. The molecule has 0 amide bonds. The Morgan fingerprint density at radius 2 is 1.85 bits per heavy atom. The van der Waals surface area contributed by atoms with Gasteiger partial charge in [-0.1, -0.05) is 38.1 Å². The Hall–Kier alpha value is -2.34. The monoisotopic (exact) mass is 265 g/mol. The summed E-state index contributed by atoms with van der Waals surface area (Å²) in [7, 11) is 2.03. The molecule has 1 aromatic carbocycles. The van der Waals surface area contributed by atoms with Gasteiger partial charge in [-0.3, -0.25) is 0 Å². The molecule has 20 heavy (non-hydrogen) atoms. The molecule has 3 heteroatoms. The molecular formula is C17H19N3. The first-order valence-corrected chi connectivity index (χ1v) is 6.76. The molecule has 0 fully saturated rings. The summed E-state index contributed by atoms with van der Waals surface area (Å²) in [5, 5.41) is 8.75. The fraction of sp³-hybridized carbons (Fsp3) is 0.294. The molecule has 0 saturated heterocycles. The fourth-order valence-corrected chi connectivity index (χ4v) is 2.05. The molecule has 0 atom stereocenters. The van der Waals surface area contributed by atoms with Gasteiger partial charge in [-0.15, -0.1) is 0 Å².